The van der Waals surface area contributed by atoms with Gasteiger partial charge in [0.05, 0.1) is 6.04 Å². The molecule has 3 N–H and O–H groups in total. The summed E-state index contributed by atoms with van der Waals surface area (Å²) < 4.78 is 0. The SMILES string of the molecule is Oc1ccc(N2C=Cc3cc(O)cc(O)c3C2C=S)cc1. The van der Waals surface area contributed by atoms with Crippen LogP contribution >= 0.6 is 12.2 Å². The van der Waals surface area contributed by atoms with Gasteiger partial charge in [-0.3, -0.25) is 0 Å². The number of benzene rings is 2. The molecule has 0 aliphatic carbocycles. The van der Waals surface area contributed by atoms with Gasteiger partial charge in [0.15, 0.2) is 0 Å². The van der Waals surface area contributed by atoms with Gasteiger partial charge in [0.1, 0.15) is 17.2 Å². The molecule has 4 nitrogen and oxygen atoms in total. The Morgan fingerprint density at radius 3 is 2.38 bits per heavy atom. The zero-order chi connectivity index (χ0) is 15.0. The molecule has 3 rings (SSSR count). The van der Waals surface area contributed by atoms with Gasteiger partial charge in [0.2, 0.25) is 0 Å². The standard InChI is InChI=1S/C16H13NO3S/c18-12-3-1-11(2-4-12)17-6-5-10-7-13(19)8-15(20)16(10)14(17)9-21/h1-9,14,18-20H. The van der Waals surface area contributed by atoms with Crippen molar-refractivity contribution < 1.29 is 15.3 Å². The number of phenolic OH excluding ortho intramolecular Hbond substituents is 3. The average molecular weight is 299 g/mol. The molecule has 1 aliphatic heterocycles. The van der Waals surface area contributed by atoms with Gasteiger partial charge in [-0.25, -0.2) is 0 Å². The number of phenols is 3. The first kappa shape index (κ1) is 13.5. The van der Waals surface area contributed by atoms with Crippen molar-refractivity contribution in [1.29, 1.82) is 0 Å². The molecule has 5 heteroatoms. The lowest BCUT2D eigenvalue weighted by atomic mass is 9.95. The molecular weight excluding hydrogens is 286 g/mol. The van der Waals surface area contributed by atoms with Gasteiger partial charge in [-0.2, -0.15) is 0 Å². The van der Waals surface area contributed by atoms with Crippen LogP contribution in [0.3, 0.4) is 0 Å². The van der Waals surface area contributed by atoms with Crippen LogP contribution in [-0.4, -0.2) is 20.7 Å². The zero-order valence-electron chi connectivity index (χ0n) is 11.0. The van der Waals surface area contributed by atoms with Gasteiger partial charge >= 0.3 is 0 Å². The lowest BCUT2D eigenvalue weighted by Crippen LogP contribution is -2.27. The lowest BCUT2D eigenvalue weighted by Gasteiger charge is -2.33. The number of thiocarbonyl (C=S) groups is 1. The van der Waals surface area contributed by atoms with Crippen LogP contribution in [0, 0.1) is 0 Å². The number of nitrogens with zero attached hydrogens (tertiary/aromatic N) is 1. The molecule has 0 amide bonds. The smallest absolute Gasteiger partial charge is 0.125 e. The fourth-order valence-electron chi connectivity index (χ4n) is 2.50. The molecule has 2 aromatic rings. The first-order valence-electron chi connectivity index (χ1n) is 6.37. The van der Waals surface area contributed by atoms with Crippen LogP contribution < -0.4 is 4.90 Å². The molecule has 1 atom stereocenters. The summed E-state index contributed by atoms with van der Waals surface area (Å²) in [5.74, 6) is 0.202. The van der Waals surface area contributed by atoms with Crippen molar-refractivity contribution in [2.24, 2.45) is 0 Å². The minimum absolute atomic E-state index is 0.00392. The Hall–Kier alpha value is -2.53. The highest BCUT2D eigenvalue weighted by atomic mass is 32.1. The van der Waals surface area contributed by atoms with E-state index in [9.17, 15) is 15.3 Å². The van der Waals surface area contributed by atoms with Crippen molar-refractivity contribution >= 4 is 29.3 Å². The summed E-state index contributed by atoms with van der Waals surface area (Å²) in [5, 5.41) is 30.6. The number of hydrogen-bond acceptors (Lipinski definition) is 5. The molecule has 0 spiro atoms. The molecule has 2 aromatic carbocycles. The van der Waals surface area contributed by atoms with E-state index in [1.165, 1.54) is 6.07 Å². The van der Waals surface area contributed by atoms with Crippen LogP contribution in [-0.2, 0) is 0 Å². The van der Waals surface area contributed by atoms with Gasteiger partial charge < -0.3 is 20.2 Å². The van der Waals surface area contributed by atoms with E-state index in [2.05, 4.69) is 0 Å². The predicted molar refractivity (Wildman–Crippen MR) is 85.8 cm³/mol. The van der Waals surface area contributed by atoms with Gasteiger partial charge in [-0.05, 0) is 42.0 Å². The van der Waals surface area contributed by atoms with Crippen molar-refractivity contribution in [3.05, 3.63) is 53.7 Å². The van der Waals surface area contributed by atoms with Crippen LogP contribution in [0.2, 0.25) is 0 Å². The van der Waals surface area contributed by atoms with Crippen molar-refractivity contribution in [3.8, 4) is 17.2 Å². The Bertz CT molecular complexity index is 725. The summed E-state index contributed by atoms with van der Waals surface area (Å²) in [6.07, 6.45) is 3.64. The van der Waals surface area contributed by atoms with Crippen LogP contribution in [0.25, 0.3) is 6.08 Å². The Labute approximate surface area is 127 Å². The van der Waals surface area contributed by atoms with Gasteiger partial charge in [0, 0.05) is 28.9 Å². The van der Waals surface area contributed by atoms with E-state index in [-0.39, 0.29) is 23.3 Å². The third-order valence-corrected chi connectivity index (χ3v) is 3.72. The molecule has 1 unspecified atom stereocenters. The predicted octanol–water partition coefficient (Wildman–Crippen LogP) is 3.34. The van der Waals surface area contributed by atoms with Crippen molar-refractivity contribution in [3.63, 3.8) is 0 Å². The van der Waals surface area contributed by atoms with Gasteiger partial charge in [0.25, 0.3) is 0 Å². The van der Waals surface area contributed by atoms with E-state index in [0.717, 1.165) is 11.3 Å². The second-order valence-corrected chi connectivity index (χ2v) is 5.06. The summed E-state index contributed by atoms with van der Waals surface area (Å²) in [6.45, 7) is 0. The molecule has 0 radical (unpaired) electrons. The third-order valence-electron chi connectivity index (χ3n) is 3.46. The second kappa shape index (κ2) is 5.10. The zero-order valence-corrected chi connectivity index (χ0v) is 11.8. The first-order valence-corrected chi connectivity index (χ1v) is 6.84. The maximum absolute atomic E-state index is 10.1. The fraction of sp³-hybridized carbons (Fsp3) is 0.0625. The molecule has 0 aromatic heterocycles. The second-order valence-electron chi connectivity index (χ2n) is 4.79. The van der Waals surface area contributed by atoms with E-state index >= 15 is 0 Å². The summed E-state index contributed by atoms with van der Waals surface area (Å²) >= 11 is 5.12. The Balaban J connectivity index is 2.10. The molecule has 0 fully saturated rings. The fourth-order valence-corrected chi connectivity index (χ4v) is 2.77. The van der Waals surface area contributed by atoms with Crippen LogP contribution in [0.4, 0.5) is 5.69 Å². The van der Waals surface area contributed by atoms with Gasteiger partial charge in [-0.15, -0.1) is 0 Å². The number of aromatic hydroxyl groups is 3. The van der Waals surface area contributed by atoms with Crippen LogP contribution in [0.1, 0.15) is 17.2 Å². The minimum Gasteiger partial charge on any atom is -0.508 e. The average Bonchev–Trinajstić information content (AvgIpc) is 2.46. The highest BCUT2D eigenvalue weighted by Gasteiger charge is 2.26. The van der Waals surface area contributed by atoms with Crippen molar-refractivity contribution in [1.82, 2.24) is 0 Å². The van der Waals surface area contributed by atoms with Crippen LogP contribution in [0.15, 0.2) is 42.6 Å². The summed E-state index contributed by atoms with van der Waals surface area (Å²) in [5.41, 5.74) is 2.22. The molecule has 1 heterocycles. The number of hydrogen-bond donors (Lipinski definition) is 3. The van der Waals surface area contributed by atoms with Gasteiger partial charge in [-0.1, -0.05) is 12.2 Å². The van der Waals surface area contributed by atoms with E-state index in [1.54, 1.807) is 41.8 Å². The van der Waals surface area contributed by atoms with Crippen molar-refractivity contribution in [2.75, 3.05) is 4.90 Å². The Morgan fingerprint density at radius 1 is 1.00 bits per heavy atom. The van der Waals surface area contributed by atoms with E-state index < -0.39 is 0 Å². The highest BCUT2D eigenvalue weighted by molar-refractivity contribution is 7.79. The normalized spacial score (nSPS) is 16.6. The largest absolute Gasteiger partial charge is 0.508 e. The Morgan fingerprint density at radius 2 is 1.71 bits per heavy atom. The third kappa shape index (κ3) is 2.32. The van der Waals surface area contributed by atoms with E-state index in [4.69, 9.17) is 12.2 Å². The van der Waals surface area contributed by atoms with Crippen LogP contribution in [0.5, 0.6) is 17.2 Å². The van der Waals surface area contributed by atoms with Crippen molar-refractivity contribution in [2.45, 2.75) is 6.04 Å². The number of anilines is 1. The quantitative estimate of drug-likeness (QED) is 0.742. The molecule has 1 aliphatic rings. The summed E-state index contributed by atoms with van der Waals surface area (Å²) in [7, 11) is 0. The molecule has 106 valence electrons. The molecule has 0 bridgehead atoms. The maximum atomic E-state index is 10.1. The monoisotopic (exact) mass is 299 g/mol. The first-order chi connectivity index (χ1) is 10.1. The summed E-state index contributed by atoms with van der Waals surface area (Å²) in [6, 6.07) is 9.29. The Kier molecular flexibility index (Phi) is 3.27. The topological polar surface area (TPSA) is 63.9 Å². The van der Waals surface area contributed by atoms with E-state index in [0.29, 0.717) is 5.56 Å². The highest BCUT2D eigenvalue weighted by Crippen LogP contribution is 2.40. The molecule has 21 heavy (non-hydrogen) atoms. The summed E-state index contributed by atoms with van der Waals surface area (Å²) in [4.78, 5) is 1.89. The maximum Gasteiger partial charge on any atom is 0.125 e. The van der Waals surface area contributed by atoms with E-state index in [1.807, 2.05) is 11.1 Å². The number of rotatable bonds is 2. The lowest BCUT2D eigenvalue weighted by molar-refractivity contribution is 0.444. The minimum atomic E-state index is -0.329. The molecule has 0 saturated carbocycles. The molecule has 0 saturated heterocycles. The number of fused-ring (bicyclic) bond motifs is 1. The molecular formula is C16H13NO3S.